The van der Waals surface area contributed by atoms with Crippen LogP contribution in [0.2, 0.25) is 0 Å². The third kappa shape index (κ3) is 2.78. The molecular formula is C21H16F2N4O3. The van der Waals surface area contributed by atoms with E-state index < -0.39 is 23.2 Å². The molecule has 2 N–H and O–H groups in total. The predicted molar refractivity (Wildman–Crippen MR) is 105 cm³/mol. The van der Waals surface area contributed by atoms with Crippen molar-refractivity contribution >= 4 is 27.6 Å². The van der Waals surface area contributed by atoms with Crippen LogP contribution in [0.1, 0.15) is 27.8 Å². The molecule has 152 valence electrons. The summed E-state index contributed by atoms with van der Waals surface area (Å²) >= 11 is 0. The average Bonchev–Trinajstić information content (AvgIpc) is 3.18. The fraction of sp³-hybridized carbons (Fsp3) is 0.190. The number of aromatic nitrogens is 3. The summed E-state index contributed by atoms with van der Waals surface area (Å²) < 4.78 is 33.3. The number of amides is 1. The van der Waals surface area contributed by atoms with Crippen molar-refractivity contribution in [2.75, 3.05) is 13.7 Å². The first-order valence-electron chi connectivity index (χ1n) is 9.25. The molecule has 0 saturated carbocycles. The van der Waals surface area contributed by atoms with E-state index in [-0.39, 0.29) is 29.9 Å². The van der Waals surface area contributed by atoms with E-state index in [1.54, 1.807) is 31.6 Å². The van der Waals surface area contributed by atoms with Crippen LogP contribution in [0.5, 0.6) is 0 Å². The van der Waals surface area contributed by atoms with Crippen LogP contribution in [0.15, 0.2) is 41.5 Å². The lowest BCUT2D eigenvalue weighted by molar-refractivity contribution is 0.0333. The van der Waals surface area contributed by atoms with Gasteiger partial charge >= 0.3 is 0 Å². The molecule has 0 saturated heterocycles. The molecule has 0 radical (unpaired) electrons. The van der Waals surface area contributed by atoms with Crippen LogP contribution in [-0.2, 0) is 11.3 Å². The number of carbonyl (C=O) groups excluding carboxylic acids is 1. The highest BCUT2D eigenvalue weighted by atomic mass is 19.2. The van der Waals surface area contributed by atoms with E-state index in [1.807, 2.05) is 0 Å². The van der Waals surface area contributed by atoms with E-state index in [0.29, 0.717) is 17.0 Å². The summed E-state index contributed by atoms with van der Waals surface area (Å²) in [6.45, 7) is 0.257. The quantitative estimate of drug-likeness (QED) is 0.532. The Labute approximate surface area is 168 Å². The van der Waals surface area contributed by atoms with Crippen molar-refractivity contribution in [2.24, 2.45) is 0 Å². The van der Waals surface area contributed by atoms with Gasteiger partial charge in [0.2, 0.25) is 0 Å². The molecule has 5 rings (SSSR count). The standard InChI is InChI=1S/C21H16F2N4O3/c1-27(21(29)16-4-10-7-24-3-2-15(10)25-16)18-9-30-8-17-19(18)11-5-13(22)14(23)6-12(11)20(28)26-17/h2-7,18,25H,8-9H2,1H3,(H,26,28). The topological polar surface area (TPSA) is 91.1 Å². The largest absolute Gasteiger partial charge is 0.373 e. The van der Waals surface area contributed by atoms with Gasteiger partial charge < -0.3 is 19.6 Å². The van der Waals surface area contributed by atoms with Crippen LogP contribution in [-0.4, -0.2) is 39.4 Å². The highest BCUT2D eigenvalue weighted by Gasteiger charge is 2.32. The third-order valence-electron chi connectivity index (χ3n) is 5.48. The molecule has 0 aliphatic carbocycles. The Morgan fingerprint density at radius 2 is 1.97 bits per heavy atom. The summed E-state index contributed by atoms with van der Waals surface area (Å²) in [5.41, 5.74) is 1.58. The minimum atomic E-state index is -1.10. The van der Waals surface area contributed by atoms with Crippen molar-refractivity contribution < 1.29 is 18.3 Å². The van der Waals surface area contributed by atoms with Crippen LogP contribution < -0.4 is 5.56 Å². The fourth-order valence-corrected chi connectivity index (χ4v) is 3.97. The van der Waals surface area contributed by atoms with Gasteiger partial charge in [-0.1, -0.05) is 0 Å². The van der Waals surface area contributed by atoms with Crippen LogP contribution in [0.3, 0.4) is 0 Å². The number of benzene rings is 1. The van der Waals surface area contributed by atoms with Crippen molar-refractivity contribution in [1.29, 1.82) is 0 Å². The van der Waals surface area contributed by atoms with Gasteiger partial charge in [-0.25, -0.2) is 8.78 Å². The molecule has 1 aliphatic rings. The van der Waals surface area contributed by atoms with E-state index in [9.17, 15) is 18.4 Å². The number of fused-ring (bicyclic) bond motifs is 4. The Hall–Kier alpha value is -3.59. The van der Waals surface area contributed by atoms with Crippen LogP contribution in [0, 0.1) is 11.6 Å². The molecule has 7 nitrogen and oxygen atoms in total. The van der Waals surface area contributed by atoms with Gasteiger partial charge in [-0.3, -0.25) is 14.6 Å². The van der Waals surface area contributed by atoms with Crippen molar-refractivity contribution in [3.05, 3.63) is 75.6 Å². The Kier molecular flexibility index (Phi) is 4.14. The Balaban J connectivity index is 1.63. The molecule has 0 spiro atoms. The molecule has 1 aliphatic heterocycles. The minimum absolute atomic E-state index is 0.0251. The van der Waals surface area contributed by atoms with E-state index in [4.69, 9.17) is 4.74 Å². The number of H-pyrrole nitrogens is 2. The Morgan fingerprint density at radius 3 is 2.73 bits per heavy atom. The molecule has 4 heterocycles. The van der Waals surface area contributed by atoms with Crippen molar-refractivity contribution in [3.63, 3.8) is 0 Å². The number of carbonyl (C=O) groups is 1. The number of hydrogen-bond donors (Lipinski definition) is 2. The van der Waals surface area contributed by atoms with Crippen LogP contribution in [0.4, 0.5) is 8.78 Å². The average molecular weight is 410 g/mol. The maximum Gasteiger partial charge on any atom is 0.270 e. The van der Waals surface area contributed by atoms with E-state index in [2.05, 4.69) is 15.0 Å². The maximum atomic E-state index is 14.0. The molecule has 1 amide bonds. The second kappa shape index (κ2) is 6.74. The number of aromatic amines is 2. The van der Waals surface area contributed by atoms with Crippen LogP contribution >= 0.6 is 0 Å². The van der Waals surface area contributed by atoms with Crippen molar-refractivity contribution in [1.82, 2.24) is 19.9 Å². The molecule has 30 heavy (non-hydrogen) atoms. The summed E-state index contributed by atoms with van der Waals surface area (Å²) in [5.74, 6) is -2.47. The number of pyridine rings is 2. The summed E-state index contributed by atoms with van der Waals surface area (Å²) in [6.07, 6.45) is 3.27. The van der Waals surface area contributed by atoms with Crippen molar-refractivity contribution in [3.8, 4) is 0 Å². The number of halogens is 2. The lowest BCUT2D eigenvalue weighted by Gasteiger charge is -2.33. The smallest absolute Gasteiger partial charge is 0.270 e. The zero-order valence-electron chi connectivity index (χ0n) is 15.8. The SMILES string of the molecule is CN(C(=O)c1cc2cnccc2[nH]1)C1COCc2[nH]c(=O)c3cc(F)c(F)cc3c21. The molecule has 1 aromatic carbocycles. The van der Waals surface area contributed by atoms with Gasteiger partial charge in [0, 0.05) is 41.6 Å². The van der Waals surface area contributed by atoms with Crippen LogP contribution in [0.25, 0.3) is 21.7 Å². The Bertz CT molecular complexity index is 1350. The fourth-order valence-electron chi connectivity index (χ4n) is 3.97. The van der Waals surface area contributed by atoms with Gasteiger partial charge in [0.15, 0.2) is 11.6 Å². The minimum Gasteiger partial charge on any atom is -0.373 e. The molecule has 4 aromatic rings. The third-order valence-corrected chi connectivity index (χ3v) is 5.48. The van der Waals surface area contributed by atoms with E-state index in [0.717, 1.165) is 23.0 Å². The number of hydrogen-bond acceptors (Lipinski definition) is 4. The Morgan fingerprint density at radius 1 is 1.20 bits per heavy atom. The first-order chi connectivity index (χ1) is 14.4. The van der Waals surface area contributed by atoms with Crippen molar-refractivity contribution in [2.45, 2.75) is 12.6 Å². The zero-order chi connectivity index (χ0) is 21.0. The number of likely N-dealkylation sites (N-methyl/N-ethyl adjacent to an activating group) is 1. The monoisotopic (exact) mass is 410 g/mol. The van der Waals surface area contributed by atoms with Gasteiger partial charge in [-0.05, 0) is 29.7 Å². The summed E-state index contributed by atoms with van der Waals surface area (Å²) in [5, 5.41) is 1.08. The molecule has 0 fully saturated rings. The molecule has 1 atom stereocenters. The van der Waals surface area contributed by atoms with Gasteiger partial charge in [0.1, 0.15) is 5.69 Å². The van der Waals surface area contributed by atoms with E-state index >= 15 is 0 Å². The second-order valence-electron chi connectivity index (χ2n) is 7.25. The first-order valence-corrected chi connectivity index (χ1v) is 9.25. The molecular weight excluding hydrogens is 394 g/mol. The zero-order valence-corrected chi connectivity index (χ0v) is 15.8. The molecule has 1 unspecified atom stereocenters. The normalized spacial score (nSPS) is 16.0. The number of nitrogens with zero attached hydrogens (tertiary/aromatic N) is 2. The molecule has 0 bridgehead atoms. The number of nitrogens with one attached hydrogen (secondary N) is 2. The van der Waals surface area contributed by atoms with Gasteiger partial charge in [-0.15, -0.1) is 0 Å². The highest BCUT2D eigenvalue weighted by Crippen LogP contribution is 2.34. The predicted octanol–water partition coefficient (Wildman–Crippen LogP) is 3.03. The summed E-state index contributed by atoms with van der Waals surface area (Å²) in [6, 6.07) is 4.74. The van der Waals surface area contributed by atoms with Gasteiger partial charge in [0.05, 0.1) is 24.6 Å². The summed E-state index contributed by atoms with van der Waals surface area (Å²) in [7, 11) is 1.60. The lowest BCUT2D eigenvalue weighted by atomic mass is 9.95. The van der Waals surface area contributed by atoms with Gasteiger partial charge in [0.25, 0.3) is 11.5 Å². The molecule has 9 heteroatoms. The first kappa shape index (κ1) is 18.4. The van der Waals surface area contributed by atoms with E-state index in [1.165, 1.54) is 4.90 Å². The summed E-state index contributed by atoms with van der Waals surface area (Å²) in [4.78, 5) is 36.8. The maximum absolute atomic E-state index is 14.0. The van der Waals surface area contributed by atoms with Gasteiger partial charge in [-0.2, -0.15) is 0 Å². The number of rotatable bonds is 2. The second-order valence-corrected chi connectivity index (χ2v) is 7.25. The highest BCUT2D eigenvalue weighted by molar-refractivity contribution is 5.98. The molecule has 3 aromatic heterocycles. The lowest BCUT2D eigenvalue weighted by Crippen LogP contribution is -2.37. The number of ether oxygens (including phenoxy) is 1.